The second-order valence-electron chi connectivity index (χ2n) is 9.35. The molecule has 3 aromatic carbocycles. The van der Waals surface area contributed by atoms with Crippen LogP contribution in [0.2, 0.25) is 0 Å². The van der Waals surface area contributed by atoms with Crippen molar-refractivity contribution in [2.45, 2.75) is 17.1 Å². The second-order valence-corrected chi connectivity index (χ2v) is 11.7. The van der Waals surface area contributed by atoms with Crippen molar-refractivity contribution in [1.82, 2.24) is 10.3 Å². The number of nitrogens with zero attached hydrogens (tertiary/aromatic N) is 1. The number of hydrogen-bond donors (Lipinski definition) is 3. The van der Waals surface area contributed by atoms with Crippen LogP contribution in [-0.4, -0.2) is 35.1 Å². The first-order valence-corrected chi connectivity index (χ1v) is 15.3. The number of nitrogens with one attached hydrogen (secondary N) is 3. The number of amides is 3. The van der Waals surface area contributed by atoms with Crippen molar-refractivity contribution in [1.29, 1.82) is 0 Å². The lowest BCUT2D eigenvalue weighted by Gasteiger charge is -2.13. The Kier molecular flexibility index (Phi) is 9.90. The zero-order chi connectivity index (χ0) is 30.9. The number of rotatable bonds is 11. The first-order chi connectivity index (χ1) is 21.4. The van der Waals surface area contributed by atoms with Crippen LogP contribution >= 0.6 is 23.1 Å². The molecular formula is C33H28N4O5S2. The summed E-state index contributed by atoms with van der Waals surface area (Å²) in [5, 5.41) is 10.3. The number of carbonyl (C=O) groups excluding carboxylic acids is 3. The maximum absolute atomic E-state index is 13.4. The molecule has 0 fully saturated rings. The highest BCUT2D eigenvalue weighted by Crippen LogP contribution is 2.31. The van der Waals surface area contributed by atoms with Crippen molar-refractivity contribution < 1.29 is 23.5 Å². The van der Waals surface area contributed by atoms with Gasteiger partial charge >= 0.3 is 0 Å². The maximum atomic E-state index is 13.4. The second kappa shape index (κ2) is 14.4. The molecule has 0 aliphatic heterocycles. The number of anilines is 2. The minimum atomic E-state index is -0.541. The Morgan fingerprint density at radius 3 is 2.41 bits per heavy atom. The van der Waals surface area contributed by atoms with Gasteiger partial charge in [-0.2, -0.15) is 0 Å². The lowest BCUT2D eigenvalue weighted by atomic mass is 10.1. The van der Waals surface area contributed by atoms with Gasteiger partial charge in [-0.1, -0.05) is 30.3 Å². The quantitative estimate of drug-likeness (QED) is 0.107. The van der Waals surface area contributed by atoms with E-state index >= 15 is 0 Å². The third-order valence-corrected chi connectivity index (χ3v) is 8.07. The van der Waals surface area contributed by atoms with Crippen LogP contribution in [0.15, 0.2) is 118 Å². The van der Waals surface area contributed by atoms with Crippen LogP contribution in [-0.2, 0) is 9.59 Å². The van der Waals surface area contributed by atoms with E-state index < -0.39 is 11.8 Å². The zero-order valence-corrected chi connectivity index (χ0v) is 25.4. The van der Waals surface area contributed by atoms with Crippen molar-refractivity contribution in [2.75, 3.05) is 17.7 Å². The molecule has 0 bridgehead atoms. The number of carbonyl (C=O) groups is 3. The van der Waals surface area contributed by atoms with Crippen molar-refractivity contribution in [2.24, 2.45) is 0 Å². The van der Waals surface area contributed by atoms with E-state index in [1.807, 2.05) is 43.3 Å². The molecule has 0 saturated heterocycles. The summed E-state index contributed by atoms with van der Waals surface area (Å²) in [6.07, 6.45) is 3.11. The van der Waals surface area contributed by atoms with Gasteiger partial charge in [0, 0.05) is 33.8 Å². The smallest absolute Gasteiger partial charge is 0.272 e. The summed E-state index contributed by atoms with van der Waals surface area (Å²) in [6.45, 7) is 1.81. The molecule has 2 aromatic heterocycles. The molecule has 9 nitrogen and oxygen atoms in total. The third-order valence-electron chi connectivity index (χ3n) is 6.27. The van der Waals surface area contributed by atoms with Gasteiger partial charge in [-0.25, -0.2) is 4.98 Å². The fourth-order valence-electron chi connectivity index (χ4n) is 4.07. The van der Waals surface area contributed by atoms with Gasteiger partial charge < -0.3 is 25.1 Å². The number of benzene rings is 3. The monoisotopic (exact) mass is 624 g/mol. The molecule has 3 N–H and O–H groups in total. The molecule has 1 unspecified atom stereocenters. The molecule has 5 rings (SSSR count). The minimum Gasteiger partial charge on any atom is -0.496 e. The van der Waals surface area contributed by atoms with Gasteiger partial charge in [0.1, 0.15) is 23.0 Å². The van der Waals surface area contributed by atoms with Crippen LogP contribution in [0.25, 0.3) is 17.4 Å². The number of para-hydroxylation sites is 1. The van der Waals surface area contributed by atoms with E-state index in [0.29, 0.717) is 33.7 Å². The van der Waals surface area contributed by atoms with Crippen molar-refractivity contribution in [3.05, 3.63) is 120 Å². The average Bonchev–Trinajstić information content (AvgIpc) is 3.74. The average molecular weight is 625 g/mol. The third kappa shape index (κ3) is 7.82. The largest absolute Gasteiger partial charge is 0.496 e. The van der Waals surface area contributed by atoms with Gasteiger partial charge in [-0.05, 0) is 67.6 Å². The fraction of sp³-hybridized carbons (Fsp3) is 0.0909. The van der Waals surface area contributed by atoms with Crippen LogP contribution < -0.4 is 20.7 Å². The van der Waals surface area contributed by atoms with E-state index in [-0.39, 0.29) is 16.9 Å². The molecule has 3 amide bonds. The number of furan rings is 1. The van der Waals surface area contributed by atoms with E-state index in [1.165, 1.54) is 29.2 Å². The van der Waals surface area contributed by atoms with Crippen LogP contribution in [0.5, 0.6) is 5.75 Å². The molecule has 0 spiro atoms. The highest BCUT2D eigenvalue weighted by molar-refractivity contribution is 8.00. The van der Waals surface area contributed by atoms with Crippen LogP contribution in [0.3, 0.4) is 0 Å². The van der Waals surface area contributed by atoms with E-state index in [1.54, 1.807) is 73.3 Å². The number of hydrogen-bond acceptors (Lipinski definition) is 8. The van der Waals surface area contributed by atoms with Gasteiger partial charge in [0.2, 0.25) is 5.91 Å². The zero-order valence-electron chi connectivity index (χ0n) is 23.8. The lowest BCUT2D eigenvalue weighted by Crippen LogP contribution is -2.30. The number of aromatic nitrogens is 1. The van der Waals surface area contributed by atoms with Gasteiger partial charge in [0.25, 0.3) is 11.8 Å². The summed E-state index contributed by atoms with van der Waals surface area (Å²) in [6, 6.07) is 26.6. The molecular weight excluding hydrogens is 597 g/mol. The Balaban J connectivity index is 1.31. The van der Waals surface area contributed by atoms with Crippen LogP contribution in [0.1, 0.15) is 23.0 Å². The number of thioether (sulfide) groups is 1. The summed E-state index contributed by atoms with van der Waals surface area (Å²) in [7, 11) is 1.58. The predicted molar refractivity (Wildman–Crippen MR) is 174 cm³/mol. The molecule has 0 aliphatic rings. The predicted octanol–water partition coefficient (Wildman–Crippen LogP) is 6.94. The first kappa shape index (κ1) is 30.3. The summed E-state index contributed by atoms with van der Waals surface area (Å²) in [5.41, 5.74) is 1.65. The van der Waals surface area contributed by atoms with Crippen molar-refractivity contribution in [3.8, 4) is 17.1 Å². The highest BCUT2D eigenvalue weighted by atomic mass is 32.2. The van der Waals surface area contributed by atoms with Crippen LogP contribution in [0, 0.1) is 0 Å². The topological polar surface area (TPSA) is 123 Å². The minimum absolute atomic E-state index is 0.00860. The van der Waals surface area contributed by atoms with Gasteiger partial charge in [-0.15, -0.1) is 23.1 Å². The Hall–Kier alpha value is -5.13. The normalized spacial score (nSPS) is 11.8. The Labute approximate surface area is 262 Å². The van der Waals surface area contributed by atoms with Crippen LogP contribution in [0.4, 0.5) is 10.8 Å². The molecule has 1 atom stereocenters. The Morgan fingerprint density at radius 1 is 0.932 bits per heavy atom. The molecule has 2 heterocycles. The summed E-state index contributed by atoms with van der Waals surface area (Å²) in [5.74, 6) is 0.412. The van der Waals surface area contributed by atoms with E-state index in [2.05, 4.69) is 20.9 Å². The number of thiazole rings is 1. The van der Waals surface area contributed by atoms with Gasteiger partial charge in [-0.3, -0.25) is 14.4 Å². The van der Waals surface area contributed by atoms with E-state index in [0.717, 1.165) is 10.5 Å². The van der Waals surface area contributed by atoms with Crippen molar-refractivity contribution >= 4 is 57.7 Å². The van der Waals surface area contributed by atoms with E-state index in [4.69, 9.17) is 9.15 Å². The number of ether oxygens (including phenoxy) is 1. The molecule has 222 valence electrons. The van der Waals surface area contributed by atoms with Crippen molar-refractivity contribution in [3.63, 3.8) is 0 Å². The number of methoxy groups -OCH3 is 1. The highest BCUT2D eigenvalue weighted by Gasteiger charge is 2.18. The van der Waals surface area contributed by atoms with Gasteiger partial charge in [0.15, 0.2) is 5.13 Å². The van der Waals surface area contributed by atoms with Gasteiger partial charge in [0.05, 0.1) is 17.9 Å². The summed E-state index contributed by atoms with van der Waals surface area (Å²) < 4.78 is 11.4. The molecule has 0 saturated carbocycles. The Morgan fingerprint density at radius 2 is 1.68 bits per heavy atom. The molecule has 44 heavy (non-hydrogen) atoms. The standard InChI is InChI=1S/C33H28N4O5S2/c1-21(30(38)37-33-34-18-19-43-33)44-25-15-12-23(13-16-25)35-32(40)27(36-31(39)22-8-4-3-5-9-22)20-24-14-17-29(42-24)26-10-6-7-11-28(26)41-2/h3-21H,1-2H3,(H,35,40)(H,36,39)(H,34,37,38)/b27-20+. The fourth-order valence-corrected chi connectivity index (χ4v) is 5.47. The molecule has 11 heteroatoms. The molecule has 0 radical (unpaired) electrons. The lowest BCUT2D eigenvalue weighted by molar-refractivity contribution is -0.115. The molecule has 5 aromatic rings. The Bertz CT molecular complexity index is 1770. The SMILES string of the molecule is COc1ccccc1-c1ccc(/C=C(/NC(=O)c2ccccc2)C(=O)Nc2ccc(SC(C)C(=O)Nc3nccs3)cc2)o1. The summed E-state index contributed by atoms with van der Waals surface area (Å²) >= 11 is 2.74. The maximum Gasteiger partial charge on any atom is 0.272 e. The molecule has 0 aliphatic carbocycles. The first-order valence-electron chi connectivity index (χ1n) is 13.5. The summed E-state index contributed by atoms with van der Waals surface area (Å²) in [4.78, 5) is 43.8. The van der Waals surface area contributed by atoms with E-state index in [9.17, 15) is 14.4 Å².